The second-order valence-corrected chi connectivity index (χ2v) is 5.31. The summed E-state index contributed by atoms with van der Waals surface area (Å²) in [6.07, 6.45) is -4.76. The molecule has 1 aliphatic rings. The van der Waals surface area contributed by atoms with Gasteiger partial charge in [-0.3, -0.25) is 4.79 Å². The first-order valence-electron chi connectivity index (χ1n) is 7.07. The normalized spacial score (nSPS) is 35.0. The zero-order chi connectivity index (χ0) is 16.9. The van der Waals surface area contributed by atoms with E-state index in [1.54, 1.807) is 0 Å². The van der Waals surface area contributed by atoms with E-state index in [0.29, 0.717) is 6.42 Å². The van der Waals surface area contributed by atoms with E-state index in [1.807, 2.05) is 0 Å². The molecule has 0 heterocycles. The fourth-order valence-corrected chi connectivity index (χ4v) is 2.80. The standard InChI is InChI=1S/C13H26FN3O5/c1-20-10-7(16)4-8(11(21-2)12(10)22-3)17-13(19)9(18)6(14)5-15/h6-12,18H,4-5,15-16H2,1-3H3,(H,17,19)/t6?,7-,8+,9?,10+,11?,12-/m0/s1. The van der Waals surface area contributed by atoms with Crippen molar-refractivity contribution in [2.45, 2.75) is 49.1 Å². The van der Waals surface area contributed by atoms with Crippen LogP contribution in [0.4, 0.5) is 4.39 Å². The number of methoxy groups -OCH3 is 3. The molecule has 0 aromatic heterocycles. The Morgan fingerprint density at radius 2 is 1.82 bits per heavy atom. The number of nitrogens with two attached hydrogens (primary N) is 2. The number of hydrogen-bond donors (Lipinski definition) is 4. The molecule has 1 aliphatic carbocycles. The highest BCUT2D eigenvalue weighted by molar-refractivity contribution is 5.81. The van der Waals surface area contributed by atoms with Gasteiger partial charge in [-0.05, 0) is 6.42 Å². The lowest BCUT2D eigenvalue weighted by Crippen LogP contribution is -2.65. The molecule has 130 valence electrons. The fraction of sp³-hybridized carbons (Fsp3) is 0.923. The number of aliphatic hydroxyl groups excluding tert-OH is 1. The highest BCUT2D eigenvalue weighted by Gasteiger charge is 2.45. The van der Waals surface area contributed by atoms with E-state index >= 15 is 0 Å². The van der Waals surface area contributed by atoms with E-state index < -0.39 is 55.1 Å². The Labute approximate surface area is 129 Å². The smallest absolute Gasteiger partial charge is 0.252 e. The Bertz CT molecular complexity index is 363. The van der Waals surface area contributed by atoms with Crippen LogP contribution >= 0.6 is 0 Å². The van der Waals surface area contributed by atoms with Gasteiger partial charge in [0.2, 0.25) is 0 Å². The molecular formula is C13H26FN3O5. The Kier molecular flexibility index (Phi) is 7.60. The molecule has 0 aromatic rings. The van der Waals surface area contributed by atoms with E-state index in [1.165, 1.54) is 21.3 Å². The van der Waals surface area contributed by atoms with Gasteiger partial charge in [-0.1, -0.05) is 0 Å². The van der Waals surface area contributed by atoms with Gasteiger partial charge in [-0.2, -0.15) is 0 Å². The van der Waals surface area contributed by atoms with Gasteiger partial charge < -0.3 is 36.1 Å². The lowest BCUT2D eigenvalue weighted by Gasteiger charge is -2.44. The number of carbonyl (C=O) groups excluding carboxylic acids is 1. The van der Waals surface area contributed by atoms with Gasteiger partial charge in [0.1, 0.15) is 24.5 Å². The summed E-state index contributed by atoms with van der Waals surface area (Å²) in [5.74, 6) is -0.858. The third-order valence-corrected chi connectivity index (χ3v) is 3.97. The van der Waals surface area contributed by atoms with Crippen LogP contribution in [-0.2, 0) is 19.0 Å². The maximum Gasteiger partial charge on any atom is 0.252 e. The monoisotopic (exact) mass is 323 g/mol. The van der Waals surface area contributed by atoms with Gasteiger partial charge >= 0.3 is 0 Å². The largest absolute Gasteiger partial charge is 0.380 e. The summed E-state index contributed by atoms with van der Waals surface area (Å²) in [7, 11) is 4.47. The first-order valence-corrected chi connectivity index (χ1v) is 7.07. The zero-order valence-corrected chi connectivity index (χ0v) is 13.1. The molecule has 8 nitrogen and oxygen atoms in total. The summed E-state index contributed by atoms with van der Waals surface area (Å²) in [5, 5.41) is 12.1. The number of alkyl halides is 1. The van der Waals surface area contributed by atoms with E-state index in [-0.39, 0.29) is 0 Å². The summed E-state index contributed by atoms with van der Waals surface area (Å²) < 4.78 is 29.4. The second kappa shape index (κ2) is 8.70. The molecule has 0 spiro atoms. The van der Waals surface area contributed by atoms with Crippen molar-refractivity contribution in [1.82, 2.24) is 5.32 Å². The van der Waals surface area contributed by atoms with Crippen molar-refractivity contribution in [1.29, 1.82) is 0 Å². The third-order valence-electron chi connectivity index (χ3n) is 3.97. The average molecular weight is 323 g/mol. The van der Waals surface area contributed by atoms with Crippen LogP contribution in [0.15, 0.2) is 0 Å². The number of halogens is 1. The van der Waals surface area contributed by atoms with Gasteiger partial charge in [0, 0.05) is 33.9 Å². The minimum absolute atomic E-state index is 0.342. The van der Waals surface area contributed by atoms with Crippen LogP contribution in [0.3, 0.4) is 0 Å². The molecule has 0 radical (unpaired) electrons. The molecule has 1 saturated carbocycles. The van der Waals surface area contributed by atoms with Crippen molar-refractivity contribution < 1.29 is 28.5 Å². The number of nitrogens with one attached hydrogen (secondary N) is 1. The molecule has 0 aliphatic heterocycles. The SMILES string of the molecule is COC1[C@@H](OC)[C@H](OC)[C@@H](N)C[C@H]1NC(=O)C(O)C(F)CN. The molecular weight excluding hydrogens is 297 g/mol. The molecule has 1 fully saturated rings. The van der Waals surface area contributed by atoms with Crippen molar-refractivity contribution in [2.24, 2.45) is 11.5 Å². The Morgan fingerprint density at radius 1 is 1.27 bits per heavy atom. The van der Waals surface area contributed by atoms with Crippen LogP contribution in [0.25, 0.3) is 0 Å². The van der Waals surface area contributed by atoms with Crippen LogP contribution in [-0.4, -0.2) is 81.6 Å². The zero-order valence-electron chi connectivity index (χ0n) is 13.1. The molecule has 3 unspecified atom stereocenters. The van der Waals surface area contributed by atoms with Crippen molar-refractivity contribution >= 4 is 5.91 Å². The third kappa shape index (κ3) is 4.12. The summed E-state index contributed by atoms with van der Waals surface area (Å²) in [5.41, 5.74) is 11.1. The Morgan fingerprint density at radius 3 is 2.27 bits per heavy atom. The van der Waals surface area contributed by atoms with Crippen molar-refractivity contribution in [3.63, 3.8) is 0 Å². The molecule has 1 rings (SSSR count). The van der Waals surface area contributed by atoms with Crippen LogP contribution in [0.2, 0.25) is 0 Å². The number of ether oxygens (including phenoxy) is 3. The highest BCUT2D eigenvalue weighted by atomic mass is 19.1. The molecule has 6 N–H and O–H groups in total. The van der Waals surface area contributed by atoms with E-state index in [0.717, 1.165) is 0 Å². The lowest BCUT2D eigenvalue weighted by molar-refractivity contribution is -0.153. The number of hydrogen-bond acceptors (Lipinski definition) is 7. The molecule has 0 saturated heterocycles. The van der Waals surface area contributed by atoms with Crippen LogP contribution < -0.4 is 16.8 Å². The van der Waals surface area contributed by atoms with Gasteiger partial charge in [0.15, 0.2) is 6.10 Å². The van der Waals surface area contributed by atoms with Crippen molar-refractivity contribution in [3.8, 4) is 0 Å². The highest BCUT2D eigenvalue weighted by Crippen LogP contribution is 2.26. The fourth-order valence-electron chi connectivity index (χ4n) is 2.80. The summed E-state index contributed by atoms with van der Waals surface area (Å²) >= 11 is 0. The number of carbonyl (C=O) groups is 1. The Hall–Kier alpha value is -0.840. The van der Waals surface area contributed by atoms with Crippen molar-refractivity contribution in [2.75, 3.05) is 27.9 Å². The molecule has 0 aromatic carbocycles. The predicted octanol–water partition coefficient (Wildman–Crippen LogP) is -2.10. The van der Waals surface area contributed by atoms with Crippen LogP contribution in [0, 0.1) is 0 Å². The maximum absolute atomic E-state index is 13.3. The number of amides is 1. The molecule has 0 bridgehead atoms. The summed E-state index contributed by atoms with van der Waals surface area (Å²) in [4.78, 5) is 11.9. The van der Waals surface area contributed by atoms with Crippen LogP contribution in [0.5, 0.6) is 0 Å². The topological polar surface area (TPSA) is 129 Å². The predicted molar refractivity (Wildman–Crippen MR) is 76.9 cm³/mol. The first-order chi connectivity index (χ1) is 10.4. The van der Waals surface area contributed by atoms with E-state index in [4.69, 9.17) is 25.7 Å². The first kappa shape index (κ1) is 19.2. The molecule has 7 atom stereocenters. The minimum atomic E-state index is -1.83. The average Bonchev–Trinajstić information content (AvgIpc) is 2.52. The molecule has 22 heavy (non-hydrogen) atoms. The van der Waals surface area contributed by atoms with Crippen molar-refractivity contribution in [3.05, 3.63) is 0 Å². The lowest BCUT2D eigenvalue weighted by atomic mass is 9.83. The second-order valence-electron chi connectivity index (χ2n) is 5.31. The van der Waals surface area contributed by atoms with E-state index in [2.05, 4.69) is 5.32 Å². The Balaban J connectivity index is 2.82. The van der Waals surface area contributed by atoms with Crippen LogP contribution in [0.1, 0.15) is 6.42 Å². The molecule has 1 amide bonds. The van der Waals surface area contributed by atoms with Gasteiger partial charge in [-0.15, -0.1) is 0 Å². The summed E-state index contributed by atoms with van der Waals surface area (Å²) in [6, 6.07) is -0.942. The number of rotatable bonds is 7. The number of aliphatic hydroxyl groups is 1. The van der Waals surface area contributed by atoms with Gasteiger partial charge in [0.05, 0.1) is 6.04 Å². The summed E-state index contributed by atoms with van der Waals surface area (Å²) in [6.45, 7) is -0.446. The molecule has 9 heteroatoms. The van der Waals surface area contributed by atoms with Gasteiger partial charge in [0.25, 0.3) is 5.91 Å². The van der Waals surface area contributed by atoms with E-state index in [9.17, 15) is 14.3 Å². The minimum Gasteiger partial charge on any atom is -0.380 e. The van der Waals surface area contributed by atoms with Gasteiger partial charge in [-0.25, -0.2) is 4.39 Å². The maximum atomic E-state index is 13.3. The quantitative estimate of drug-likeness (QED) is 0.422.